The molecule has 0 bridgehead atoms. The van der Waals surface area contributed by atoms with Crippen LogP contribution in [0.3, 0.4) is 0 Å². The summed E-state index contributed by atoms with van der Waals surface area (Å²) in [7, 11) is 0. The molecule has 0 spiro atoms. The average Bonchev–Trinajstić information content (AvgIpc) is 2.39. The predicted octanol–water partition coefficient (Wildman–Crippen LogP) is 4.19. The van der Waals surface area contributed by atoms with Crippen molar-refractivity contribution in [2.24, 2.45) is 0 Å². The molecule has 1 aromatic rings. The molecule has 1 saturated heterocycles. The van der Waals surface area contributed by atoms with E-state index >= 15 is 0 Å². The summed E-state index contributed by atoms with van der Waals surface area (Å²) in [6.45, 7) is 7.76. The highest BCUT2D eigenvalue weighted by molar-refractivity contribution is 8.06. The minimum atomic E-state index is 0.511. The number of aryl methyl sites for hydroxylation is 2. The van der Waals surface area contributed by atoms with Crippen molar-refractivity contribution in [3.8, 4) is 0 Å². The maximum absolute atomic E-state index is 3.78. The highest BCUT2D eigenvalue weighted by Crippen LogP contribution is 2.34. The molecule has 1 N–H and O–H groups in total. The van der Waals surface area contributed by atoms with Crippen LogP contribution in [-0.4, -0.2) is 29.1 Å². The van der Waals surface area contributed by atoms with Gasteiger partial charge in [-0.25, -0.2) is 0 Å². The smallest absolute Gasteiger partial charge is 0.0448 e. The van der Waals surface area contributed by atoms with E-state index < -0.39 is 0 Å². The van der Waals surface area contributed by atoms with E-state index in [1.54, 1.807) is 0 Å². The molecule has 2 atom stereocenters. The lowest BCUT2D eigenvalue weighted by atomic mass is 9.99. The number of hydrogen-bond donors (Lipinski definition) is 1. The van der Waals surface area contributed by atoms with Crippen LogP contribution >= 0.6 is 23.5 Å². The van der Waals surface area contributed by atoms with Gasteiger partial charge in [-0.1, -0.05) is 36.2 Å². The first-order valence-electron chi connectivity index (χ1n) is 7.21. The second kappa shape index (κ2) is 7.61. The molecule has 2 rings (SSSR count). The summed E-state index contributed by atoms with van der Waals surface area (Å²) in [6, 6.07) is 7.50. The lowest BCUT2D eigenvalue weighted by Crippen LogP contribution is -2.34. The van der Waals surface area contributed by atoms with Gasteiger partial charge >= 0.3 is 0 Å². The first-order valence-corrected chi connectivity index (χ1v) is 9.42. The monoisotopic (exact) mass is 295 g/mol. The van der Waals surface area contributed by atoms with E-state index in [0.717, 1.165) is 6.54 Å². The minimum absolute atomic E-state index is 0.511. The van der Waals surface area contributed by atoms with Crippen LogP contribution in [0.15, 0.2) is 18.2 Å². The molecule has 1 fully saturated rings. The second-order valence-electron chi connectivity index (χ2n) is 5.34. The van der Waals surface area contributed by atoms with Crippen LogP contribution in [0.1, 0.15) is 36.1 Å². The summed E-state index contributed by atoms with van der Waals surface area (Å²) in [5.41, 5.74) is 4.24. The molecule has 0 aliphatic carbocycles. The fourth-order valence-corrected chi connectivity index (χ4v) is 5.52. The van der Waals surface area contributed by atoms with E-state index in [-0.39, 0.29) is 0 Å². The van der Waals surface area contributed by atoms with Crippen LogP contribution in [0.2, 0.25) is 0 Å². The van der Waals surface area contributed by atoms with E-state index in [2.05, 4.69) is 67.8 Å². The van der Waals surface area contributed by atoms with Crippen molar-refractivity contribution in [3.63, 3.8) is 0 Å². The molecular formula is C16H25NS2. The Morgan fingerprint density at radius 2 is 1.95 bits per heavy atom. The third-order valence-electron chi connectivity index (χ3n) is 3.43. The first kappa shape index (κ1) is 15.3. The Hall–Kier alpha value is -0.120. The molecular weight excluding hydrogens is 270 g/mol. The SMILES string of the molecule is CCCNC(c1cc(C)cc(C)c1)C1CSCCS1. The van der Waals surface area contributed by atoms with Gasteiger partial charge < -0.3 is 5.32 Å². The Labute approximate surface area is 126 Å². The van der Waals surface area contributed by atoms with Gasteiger partial charge in [0.15, 0.2) is 0 Å². The Morgan fingerprint density at radius 1 is 1.21 bits per heavy atom. The molecule has 1 aliphatic rings. The van der Waals surface area contributed by atoms with Crippen molar-refractivity contribution in [3.05, 3.63) is 34.9 Å². The molecule has 19 heavy (non-hydrogen) atoms. The maximum Gasteiger partial charge on any atom is 0.0448 e. The van der Waals surface area contributed by atoms with Gasteiger partial charge in [0.05, 0.1) is 0 Å². The standard InChI is InChI=1S/C16H25NS2/c1-4-5-17-16(15-11-18-6-7-19-15)14-9-12(2)8-13(3)10-14/h8-10,15-17H,4-7,11H2,1-3H3. The van der Waals surface area contributed by atoms with Gasteiger partial charge in [-0.15, -0.1) is 0 Å². The van der Waals surface area contributed by atoms with Gasteiger partial charge in [-0.3, -0.25) is 0 Å². The quantitative estimate of drug-likeness (QED) is 0.874. The molecule has 2 unspecified atom stereocenters. The fourth-order valence-electron chi connectivity index (χ4n) is 2.65. The molecule has 0 amide bonds. The molecule has 1 aliphatic heterocycles. The zero-order valence-electron chi connectivity index (χ0n) is 12.2. The van der Waals surface area contributed by atoms with Crippen molar-refractivity contribution < 1.29 is 0 Å². The zero-order chi connectivity index (χ0) is 13.7. The molecule has 3 heteroatoms. The summed E-state index contributed by atoms with van der Waals surface area (Å²) in [5, 5.41) is 4.49. The summed E-state index contributed by atoms with van der Waals surface area (Å²) in [5.74, 6) is 3.89. The van der Waals surface area contributed by atoms with Gasteiger partial charge in [-0.05, 0) is 32.4 Å². The number of rotatable bonds is 5. The first-order chi connectivity index (χ1) is 9.20. The lowest BCUT2D eigenvalue weighted by Gasteiger charge is -2.31. The van der Waals surface area contributed by atoms with Crippen LogP contribution in [0, 0.1) is 13.8 Å². The van der Waals surface area contributed by atoms with E-state index in [1.165, 1.54) is 40.4 Å². The highest BCUT2D eigenvalue weighted by Gasteiger charge is 2.25. The summed E-state index contributed by atoms with van der Waals surface area (Å²) >= 11 is 4.25. The number of benzene rings is 1. The zero-order valence-corrected chi connectivity index (χ0v) is 13.9. The molecule has 0 aromatic heterocycles. The average molecular weight is 296 g/mol. The van der Waals surface area contributed by atoms with Gasteiger partial charge in [0, 0.05) is 28.6 Å². The second-order valence-corrected chi connectivity index (χ2v) is 7.83. The molecule has 0 radical (unpaired) electrons. The largest absolute Gasteiger partial charge is 0.309 e. The van der Waals surface area contributed by atoms with Crippen LogP contribution < -0.4 is 5.32 Å². The Morgan fingerprint density at radius 3 is 2.53 bits per heavy atom. The molecule has 0 saturated carbocycles. The maximum atomic E-state index is 3.78. The van der Waals surface area contributed by atoms with Crippen LogP contribution in [0.4, 0.5) is 0 Å². The van der Waals surface area contributed by atoms with Crippen molar-refractivity contribution in [2.75, 3.05) is 23.8 Å². The van der Waals surface area contributed by atoms with E-state index in [1.807, 2.05) is 0 Å². The van der Waals surface area contributed by atoms with E-state index in [0.29, 0.717) is 11.3 Å². The van der Waals surface area contributed by atoms with Crippen molar-refractivity contribution >= 4 is 23.5 Å². The summed E-state index contributed by atoms with van der Waals surface area (Å²) in [4.78, 5) is 0. The van der Waals surface area contributed by atoms with E-state index in [9.17, 15) is 0 Å². The topological polar surface area (TPSA) is 12.0 Å². The van der Waals surface area contributed by atoms with Crippen molar-refractivity contribution in [1.82, 2.24) is 5.32 Å². The van der Waals surface area contributed by atoms with Crippen molar-refractivity contribution in [2.45, 2.75) is 38.5 Å². The van der Waals surface area contributed by atoms with Gasteiger partial charge in [0.2, 0.25) is 0 Å². The Balaban J connectivity index is 2.19. The number of hydrogen-bond acceptors (Lipinski definition) is 3. The molecule has 1 aromatic carbocycles. The summed E-state index contributed by atoms with van der Waals surface area (Å²) in [6.07, 6.45) is 1.20. The Bertz CT molecular complexity index is 379. The van der Waals surface area contributed by atoms with Crippen LogP contribution in [0.5, 0.6) is 0 Å². The fraction of sp³-hybridized carbons (Fsp3) is 0.625. The van der Waals surface area contributed by atoms with Crippen LogP contribution in [0.25, 0.3) is 0 Å². The molecule has 1 heterocycles. The number of thioether (sulfide) groups is 2. The van der Waals surface area contributed by atoms with Gasteiger partial charge in [-0.2, -0.15) is 23.5 Å². The highest BCUT2D eigenvalue weighted by atomic mass is 32.2. The van der Waals surface area contributed by atoms with Gasteiger partial charge in [0.1, 0.15) is 0 Å². The third kappa shape index (κ3) is 4.44. The normalized spacial score (nSPS) is 21.3. The van der Waals surface area contributed by atoms with Gasteiger partial charge in [0.25, 0.3) is 0 Å². The Kier molecular flexibility index (Phi) is 6.11. The lowest BCUT2D eigenvalue weighted by molar-refractivity contribution is 0.529. The van der Waals surface area contributed by atoms with Crippen LogP contribution in [-0.2, 0) is 0 Å². The van der Waals surface area contributed by atoms with Crippen molar-refractivity contribution in [1.29, 1.82) is 0 Å². The third-order valence-corrected chi connectivity index (χ3v) is 6.29. The summed E-state index contributed by atoms with van der Waals surface area (Å²) < 4.78 is 0. The predicted molar refractivity (Wildman–Crippen MR) is 90.5 cm³/mol. The molecule has 1 nitrogen and oxygen atoms in total. The minimum Gasteiger partial charge on any atom is -0.309 e. The van der Waals surface area contributed by atoms with E-state index in [4.69, 9.17) is 0 Å². The number of nitrogens with one attached hydrogen (secondary N) is 1. The molecule has 106 valence electrons.